The van der Waals surface area contributed by atoms with Gasteiger partial charge in [-0.25, -0.2) is 17.5 Å². The van der Waals surface area contributed by atoms with Crippen LogP contribution >= 0.6 is 0 Å². The average molecular weight is 287 g/mol. The number of hydrogen-bond acceptors (Lipinski definition) is 3. The summed E-state index contributed by atoms with van der Waals surface area (Å²) in [7, 11) is -3.89. The molecule has 6 heteroatoms. The van der Waals surface area contributed by atoms with Crippen molar-refractivity contribution < 1.29 is 17.9 Å². The van der Waals surface area contributed by atoms with Crippen LogP contribution in [0.4, 0.5) is 4.39 Å². The summed E-state index contributed by atoms with van der Waals surface area (Å²) in [6.45, 7) is 1.76. The maximum absolute atomic E-state index is 13.6. The van der Waals surface area contributed by atoms with Crippen molar-refractivity contribution in [2.24, 2.45) is 5.41 Å². The van der Waals surface area contributed by atoms with Gasteiger partial charge >= 0.3 is 0 Å². The van der Waals surface area contributed by atoms with E-state index in [4.69, 9.17) is 0 Å². The summed E-state index contributed by atoms with van der Waals surface area (Å²) < 4.78 is 40.5. The summed E-state index contributed by atoms with van der Waals surface area (Å²) in [6.07, 6.45) is 2.26. The van der Waals surface area contributed by atoms with Crippen LogP contribution in [0.2, 0.25) is 0 Å². The van der Waals surface area contributed by atoms with Gasteiger partial charge in [-0.2, -0.15) is 0 Å². The highest BCUT2D eigenvalue weighted by Crippen LogP contribution is 2.38. The number of nitrogens with one attached hydrogen (secondary N) is 1. The van der Waals surface area contributed by atoms with Gasteiger partial charge in [-0.05, 0) is 25.0 Å². The van der Waals surface area contributed by atoms with Crippen LogP contribution in [0.1, 0.15) is 26.2 Å². The molecule has 1 aliphatic carbocycles. The van der Waals surface area contributed by atoms with Crippen molar-refractivity contribution in [1.82, 2.24) is 4.72 Å². The summed E-state index contributed by atoms with van der Waals surface area (Å²) in [5, 5.41) is 9.41. The molecule has 1 aliphatic rings. The van der Waals surface area contributed by atoms with Crippen LogP contribution in [0.15, 0.2) is 29.2 Å². The molecule has 19 heavy (non-hydrogen) atoms. The summed E-state index contributed by atoms with van der Waals surface area (Å²) in [5.74, 6) is -0.765. The fourth-order valence-corrected chi connectivity index (χ4v) is 4.02. The Hall–Kier alpha value is -0.980. The first kappa shape index (κ1) is 14.4. The van der Waals surface area contributed by atoms with Crippen LogP contribution in [0.3, 0.4) is 0 Å². The zero-order valence-electron chi connectivity index (χ0n) is 10.8. The van der Waals surface area contributed by atoms with E-state index in [1.165, 1.54) is 18.2 Å². The maximum atomic E-state index is 13.6. The molecule has 0 amide bonds. The van der Waals surface area contributed by atoms with Gasteiger partial charge < -0.3 is 5.11 Å². The fraction of sp³-hybridized carbons (Fsp3) is 0.538. The first-order valence-corrected chi connectivity index (χ1v) is 7.75. The standard InChI is InChI=1S/C13H18FNO3S/c1-13(9-16)8-4-7-12(13)15-19(17,18)11-6-3-2-5-10(11)14/h2-3,5-6,12,15-16H,4,7-9H2,1H3. The van der Waals surface area contributed by atoms with Gasteiger partial charge in [-0.1, -0.05) is 25.5 Å². The number of halogens is 1. The lowest BCUT2D eigenvalue weighted by atomic mass is 9.86. The number of rotatable bonds is 4. The van der Waals surface area contributed by atoms with Crippen molar-refractivity contribution in [3.8, 4) is 0 Å². The van der Waals surface area contributed by atoms with Gasteiger partial charge in [-0.15, -0.1) is 0 Å². The lowest BCUT2D eigenvalue weighted by Crippen LogP contribution is -2.44. The van der Waals surface area contributed by atoms with E-state index in [2.05, 4.69) is 4.72 Å². The van der Waals surface area contributed by atoms with Crippen molar-refractivity contribution >= 4 is 10.0 Å². The Kier molecular flexibility index (Phi) is 3.94. The van der Waals surface area contributed by atoms with Gasteiger partial charge in [0.2, 0.25) is 10.0 Å². The van der Waals surface area contributed by atoms with Crippen molar-refractivity contribution in [2.75, 3.05) is 6.61 Å². The molecule has 1 aromatic rings. The van der Waals surface area contributed by atoms with Crippen LogP contribution in [0.5, 0.6) is 0 Å². The number of aliphatic hydroxyl groups is 1. The molecular formula is C13H18FNO3S. The Bertz CT molecular complexity index is 561. The molecule has 1 fully saturated rings. The smallest absolute Gasteiger partial charge is 0.243 e. The molecule has 106 valence electrons. The van der Waals surface area contributed by atoms with E-state index >= 15 is 0 Å². The molecule has 0 bridgehead atoms. The third-order valence-electron chi connectivity index (χ3n) is 3.87. The molecule has 2 rings (SSSR count). The minimum absolute atomic E-state index is 0.0859. The topological polar surface area (TPSA) is 66.4 Å². The largest absolute Gasteiger partial charge is 0.396 e. The van der Waals surface area contributed by atoms with Gasteiger partial charge in [0, 0.05) is 18.1 Å². The van der Waals surface area contributed by atoms with Crippen LogP contribution in [0.25, 0.3) is 0 Å². The van der Waals surface area contributed by atoms with Crippen molar-refractivity contribution in [3.63, 3.8) is 0 Å². The molecule has 4 nitrogen and oxygen atoms in total. The van der Waals surface area contributed by atoms with Crippen LogP contribution in [0, 0.1) is 11.2 Å². The summed E-state index contributed by atoms with van der Waals surface area (Å²) >= 11 is 0. The molecule has 0 aliphatic heterocycles. The van der Waals surface area contributed by atoms with E-state index < -0.39 is 21.3 Å². The van der Waals surface area contributed by atoms with E-state index in [0.29, 0.717) is 6.42 Å². The molecule has 0 aromatic heterocycles. The highest BCUT2D eigenvalue weighted by molar-refractivity contribution is 7.89. The highest BCUT2D eigenvalue weighted by atomic mass is 32.2. The molecular weight excluding hydrogens is 269 g/mol. The van der Waals surface area contributed by atoms with E-state index in [9.17, 15) is 17.9 Å². The minimum Gasteiger partial charge on any atom is -0.396 e. The Morgan fingerprint density at radius 1 is 1.47 bits per heavy atom. The van der Waals surface area contributed by atoms with Gasteiger partial charge in [-0.3, -0.25) is 0 Å². The molecule has 0 heterocycles. The van der Waals surface area contributed by atoms with E-state index in [1.54, 1.807) is 0 Å². The zero-order chi connectivity index (χ0) is 14.1. The quantitative estimate of drug-likeness (QED) is 0.885. The van der Waals surface area contributed by atoms with E-state index in [0.717, 1.165) is 18.9 Å². The second-order valence-electron chi connectivity index (χ2n) is 5.31. The van der Waals surface area contributed by atoms with Crippen LogP contribution in [-0.4, -0.2) is 26.2 Å². The first-order valence-electron chi connectivity index (χ1n) is 6.27. The van der Waals surface area contributed by atoms with Crippen LogP contribution in [-0.2, 0) is 10.0 Å². The van der Waals surface area contributed by atoms with Crippen molar-refractivity contribution in [2.45, 2.75) is 37.1 Å². The van der Waals surface area contributed by atoms with Gasteiger partial charge in [0.25, 0.3) is 0 Å². The number of aliphatic hydroxyl groups excluding tert-OH is 1. The molecule has 0 spiro atoms. The minimum atomic E-state index is -3.89. The number of sulfonamides is 1. The fourth-order valence-electron chi connectivity index (χ4n) is 2.54. The lowest BCUT2D eigenvalue weighted by Gasteiger charge is -2.29. The second-order valence-corrected chi connectivity index (χ2v) is 6.99. The molecule has 2 atom stereocenters. The first-order chi connectivity index (χ1) is 8.89. The molecule has 1 aromatic carbocycles. The second kappa shape index (κ2) is 5.19. The monoisotopic (exact) mass is 287 g/mol. The predicted molar refractivity (Wildman–Crippen MR) is 69.6 cm³/mol. The van der Waals surface area contributed by atoms with E-state index in [-0.39, 0.29) is 17.5 Å². The average Bonchev–Trinajstić information content (AvgIpc) is 2.71. The Balaban J connectivity index is 2.26. The van der Waals surface area contributed by atoms with Crippen LogP contribution < -0.4 is 4.72 Å². The summed E-state index contributed by atoms with van der Waals surface area (Å²) in [6, 6.07) is 4.93. The number of hydrogen-bond donors (Lipinski definition) is 2. The third-order valence-corrected chi connectivity index (χ3v) is 5.37. The molecule has 2 unspecified atom stereocenters. The molecule has 1 saturated carbocycles. The predicted octanol–water partition coefficient (Wildman–Crippen LogP) is 1.66. The number of benzene rings is 1. The highest BCUT2D eigenvalue weighted by Gasteiger charge is 2.40. The molecule has 0 saturated heterocycles. The lowest BCUT2D eigenvalue weighted by molar-refractivity contribution is 0.127. The van der Waals surface area contributed by atoms with E-state index in [1.807, 2.05) is 6.92 Å². The Morgan fingerprint density at radius 3 is 2.79 bits per heavy atom. The third kappa shape index (κ3) is 2.80. The zero-order valence-corrected chi connectivity index (χ0v) is 11.6. The van der Waals surface area contributed by atoms with Crippen molar-refractivity contribution in [3.05, 3.63) is 30.1 Å². The van der Waals surface area contributed by atoms with Gasteiger partial charge in [0.15, 0.2) is 0 Å². The van der Waals surface area contributed by atoms with Gasteiger partial charge in [0.1, 0.15) is 10.7 Å². The summed E-state index contributed by atoms with van der Waals surface area (Å²) in [4.78, 5) is -0.345. The Morgan fingerprint density at radius 2 is 2.16 bits per heavy atom. The molecule has 2 N–H and O–H groups in total. The van der Waals surface area contributed by atoms with Crippen molar-refractivity contribution in [1.29, 1.82) is 0 Å². The van der Waals surface area contributed by atoms with Gasteiger partial charge in [0.05, 0.1) is 0 Å². The normalized spacial score (nSPS) is 27.6. The molecule has 0 radical (unpaired) electrons. The maximum Gasteiger partial charge on any atom is 0.243 e. The Labute approximate surface area is 112 Å². The SMILES string of the molecule is CC1(CO)CCCC1NS(=O)(=O)c1ccccc1F. The summed E-state index contributed by atoms with van der Waals surface area (Å²) in [5.41, 5.74) is -0.474.